The van der Waals surface area contributed by atoms with Gasteiger partial charge < -0.3 is 4.90 Å². The number of urea groups is 1. The van der Waals surface area contributed by atoms with E-state index in [1.165, 1.54) is 0 Å². The number of amides is 2. The van der Waals surface area contributed by atoms with Crippen LogP contribution in [-0.2, 0) is 7.05 Å². The van der Waals surface area contributed by atoms with Crippen LogP contribution in [0.3, 0.4) is 0 Å². The van der Waals surface area contributed by atoms with Gasteiger partial charge >= 0.3 is 6.03 Å². The van der Waals surface area contributed by atoms with Crippen molar-refractivity contribution in [3.8, 4) is 11.1 Å². The Morgan fingerprint density at radius 1 is 1.16 bits per heavy atom. The summed E-state index contributed by atoms with van der Waals surface area (Å²) in [6, 6.07) is 3.69. The Balaban J connectivity index is 1.62. The van der Waals surface area contributed by atoms with Crippen molar-refractivity contribution in [2.45, 2.75) is 26.3 Å². The van der Waals surface area contributed by atoms with Crippen LogP contribution >= 0.6 is 0 Å². The van der Waals surface area contributed by atoms with Gasteiger partial charge in [-0.3, -0.25) is 14.9 Å². The summed E-state index contributed by atoms with van der Waals surface area (Å²) in [6.07, 6.45) is 5.44. The summed E-state index contributed by atoms with van der Waals surface area (Å²) in [6.45, 7) is 9.85. The van der Waals surface area contributed by atoms with E-state index < -0.39 is 0 Å². The van der Waals surface area contributed by atoms with E-state index in [1.807, 2.05) is 30.3 Å². The van der Waals surface area contributed by atoms with Gasteiger partial charge in [-0.05, 0) is 38.5 Å². The van der Waals surface area contributed by atoms with Crippen LogP contribution in [-0.4, -0.2) is 62.3 Å². The maximum absolute atomic E-state index is 12.5. The molecule has 0 saturated carbocycles. The van der Waals surface area contributed by atoms with Crippen LogP contribution in [0.15, 0.2) is 30.7 Å². The fourth-order valence-corrected chi connectivity index (χ4v) is 3.02. The average molecular weight is 342 g/mol. The number of aryl methyl sites for hydroxylation is 1. The molecule has 1 aliphatic heterocycles. The Morgan fingerprint density at radius 2 is 1.88 bits per heavy atom. The highest BCUT2D eigenvalue weighted by Gasteiger charge is 2.27. The second-order valence-electron chi connectivity index (χ2n) is 7.41. The van der Waals surface area contributed by atoms with E-state index in [2.05, 4.69) is 41.1 Å². The van der Waals surface area contributed by atoms with Crippen molar-refractivity contribution in [2.24, 2.45) is 7.05 Å². The zero-order chi connectivity index (χ0) is 18.0. The van der Waals surface area contributed by atoms with E-state index in [9.17, 15) is 4.79 Å². The molecule has 7 heteroatoms. The molecule has 0 aromatic carbocycles. The van der Waals surface area contributed by atoms with Gasteiger partial charge in [-0.15, -0.1) is 0 Å². The number of carbonyl (C=O) groups is 1. The Hall–Kier alpha value is -2.41. The van der Waals surface area contributed by atoms with Crippen molar-refractivity contribution in [3.63, 3.8) is 0 Å². The predicted molar refractivity (Wildman–Crippen MR) is 98.4 cm³/mol. The summed E-state index contributed by atoms with van der Waals surface area (Å²) < 4.78 is 1.75. The number of hydrogen-bond acceptors (Lipinski definition) is 4. The van der Waals surface area contributed by atoms with E-state index in [4.69, 9.17) is 0 Å². The van der Waals surface area contributed by atoms with Gasteiger partial charge in [0, 0.05) is 56.7 Å². The number of piperazine rings is 1. The third-order valence-corrected chi connectivity index (χ3v) is 4.55. The minimum absolute atomic E-state index is 0.0932. The van der Waals surface area contributed by atoms with E-state index in [-0.39, 0.29) is 11.6 Å². The second kappa shape index (κ2) is 6.84. The molecule has 3 heterocycles. The number of rotatable bonds is 2. The number of aromatic nitrogens is 3. The quantitative estimate of drug-likeness (QED) is 0.910. The Morgan fingerprint density at radius 3 is 2.48 bits per heavy atom. The van der Waals surface area contributed by atoms with Gasteiger partial charge in [-0.2, -0.15) is 5.10 Å². The summed E-state index contributed by atoms with van der Waals surface area (Å²) in [4.78, 5) is 21.0. The van der Waals surface area contributed by atoms with Crippen LogP contribution in [0.25, 0.3) is 11.1 Å². The molecule has 2 aromatic heterocycles. The molecule has 1 N–H and O–H groups in total. The maximum Gasteiger partial charge on any atom is 0.323 e. The van der Waals surface area contributed by atoms with Gasteiger partial charge in [0.2, 0.25) is 0 Å². The first-order valence-corrected chi connectivity index (χ1v) is 8.59. The van der Waals surface area contributed by atoms with Gasteiger partial charge in [0.25, 0.3) is 0 Å². The summed E-state index contributed by atoms with van der Waals surface area (Å²) in [7, 11) is 1.88. The van der Waals surface area contributed by atoms with E-state index >= 15 is 0 Å². The van der Waals surface area contributed by atoms with E-state index in [0.717, 1.165) is 37.3 Å². The lowest BCUT2D eigenvalue weighted by Gasteiger charge is -2.42. The third-order valence-electron chi connectivity index (χ3n) is 4.55. The van der Waals surface area contributed by atoms with Gasteiger partial charge in [-0.1, -0.05) is 0 Å². The number of carbonyl (C=O) groups excluding carboxylic acids is 1. The molecule has 134 valence electrons. The first-order valence-electron chi connectivity index (χ1n) is 8.59. The molecule has 0 aliphatic carbocycles. The van der Waals surface area contributed by atoms with Crippen LogP contribution in [0.2, 0.25) is 0 Å². The predicted octanol–water partition coefficient (Wildman–Crippen LogP) is 2.43. The standard InChI is InChI=1S/C18H26N6O/c1-18(2,3)24-9-7-23(8-10-24)17(25)21-16-11-14(5-6-19-16)15-12-20-22(4)13-15/h5-6,11-13H,7-10H2,1-4H3,(H,19,21,25). The number of pyridine rings is 1. The molecular weight excluding hydrogens is 316 g/mol. The number of nitrogens with zero attached hydrogens (tertiary/aromatic N) is 5. The minimum atomic E-state index is -0.0932. The molecule has 1 aliphatic rings. The van der Waals surface area contributed by atoms with Crippen molar-refractivity contribution >= 4 is 11.8 Å². The lowest BCUT2D eigenvalue weighted by molar-refractivity contribution is 0.0774. The fraction of sp³-hybridized carbons (Fsp3) is 0.500. The molecule has 0 spiro atoms. The third kappa shape index (κ3) is 4.17. The molecule has 0 radical (unpaired) electrons. The van der Waals surface area contributed by atoms with Gasteiger partial charge in [0.15, 0.2) is 0 Å². The number of hydrogen-bond donors (Lipinski definition) is 1. The molecule has 25 heavy (non-hydrogen) atoms. The van der Waals surface area contributed by atoms with Crippen molar-refractivity contribution in [1.82, 2.24) is 24.6 Å². The highest BCUT2D eigenvalue weighted by atomic mass is 16.2. The molecule has 0 unspecified atom stereocenters. The first kappa shape index (κ1) is 17.4. The fourth-order valence-electron chi connectivity index (χ4n) is 3.02. The minimum Gasteiger partial charge on any atom is -0.322 e. The zero-order valence-corrected chi connectivity index (χ0v) is 15.4. The molecule has 7 nitrogen and oxygen atoms in total. The molecular formula is C18H26N6O. The van der Waals surface area contributed by atoms with Crippen LogP contribution in [0, 0.1) is 0 Å². The van der Waals surface area contributed by atoms with Crippen molar-refractivity contribution in [1.29, 1.82) is 0 Å². The normalized spacial score (nSPS) is 16.1. The summed E-state index contributed by atoms with van der Waals surface area (Å²) in [5, 5.41) is 7.09. The second-order valence-corrected chi connectivity index (χ2v) is 7.41. The molecule has 2 aromatic rings. The maximum atomic E-state index is 12.5. The first-order chi connectivity index (χ1) is 11.8. The van der Waals surface area contributed by atoms with Gasteiger partial charge in [0.1, 0.15) is 5.82 Å². The van der Waals surface area contributed by atoms with Crippen molar-refractivity contribution in [3.05, 3.63) is 30.7 Å². The van der Waals surface area contributed by atoms with Crippen LogP contribution < -0.4 is 5.32 Å². The van der Waals surface area contributed by atoms with Crippen molar-refractivity contribution < 1.29 is 4.79 Å². The van der Waals surface area contributed by atoms with E-state index in [0.29, 0.717) is 5.82 Å². The highest BCUT2D eigenvalue weighted by Crippen LogP contribution is 2.21. The Labute approximate surface area is 148 Å². The van der Waals surface area contributed by atoms with Crippen LogP contribution in [0.1, 0.15) is 20.8 Å². The van der Waals surface area contributed by atoms with Crippen LogP contribution in [0.5, 0.6) is 0 Å². The largest absolute Gasteiger partial charge is 0.323 e. The summed E-state index contributed by atoms with van der Waals surface area (Å²) in [5.41, 5.74) is 2.12. The Kier molecular flexibility index (Phi) is 4.76. The number of anilines is 1. The summed E-state index contributed by atoms with van der Waals surface area (Å²) in [5.74, 6) is 0.560. The topological polar surface area (TPSA) is 66.3 Å². The monoisotopic (exact) mass is 342 g/mol. The lowest BCUT2D eigenvalue weighted by Crippen LogP contribution is -2.55. The SMILES string of the molecule is Cn1cc(-c2ccnc(NC(=O)N3CCN(C(C)(C)C)CC3)c2)cn1. The molecule has 2 amide bonds. The lowest BCUT2D eigenvalue weighted by atomic mass is 10.1. The highest BCUT2D eigenvalue weighted by molar-refractivity contribution is 5.89. The Bertz CT molecular complexity index is 740. The van der Waals surface area contributed by atoms with Crippen LogP contribution in [0.4, 0.5) is 10.6 Å². The molecule has 1 saturated heterocycles. The van der Waals surface area contributed by atoms with E-state index in [1.54, 1.807) is 17.1 Å². The van der Waals surface area contributed by atoms with Gasteiger partial charge in [0.05, 0.1) is 6.20 Å². The summed E-state index contributed by atoms with van der Waals surface area (Å²) >= 11 is 0. The number of nitrogens with one attached hydrogen (secondary N) is 1. The van der Waals surface area contributed by atoms with Crippen molar-refractivity contribution in [2.75, 3.05) is 31.5 Å². The molecule has 1 fully saturated rings. The van der Waals surface area contributed by atoms with Gasteiger partial charge in [-0.25, -0.2) is 9.78 Å². The smallest absolute Gasteiger partial charge is 0.322 e. The molecule has 3 rings (SSSR count). The molecule has 0 bridgehead atoms. The molecule has 0 atom stereocenters. The average Bonchev–Trinajstić information content (AvgIpc) is 3.01. The zero-order valence-electron chi connectivity index (χ0n) is 15.4.